The van der Waals surface area contributed by atoms with Crippen molar-refractivity contribution in [2.24, 2.45) is 11.8 Å². The van der Waals surface area contributed by atoms with Crippen LogP contribution in [-0.4, -0.2) is 30.9 Å². The molecule has 0 aromatic heterocycles. The number of hydrogen-bond donors (Lipinski definition) is 0. The third kappa shape index (κ3) is 4.14. The second kappa shape index (κ2) is 8.16. The zero-order valence-electron chi connectivity index (χ0n) is 14.1. The zero-order valence-corrected chi connectivity index (χ0v) is 14.1. The summed E-state index contributed by atoms with van der Waals surface area (Å²) in [7, 11) is 0. The van der Waals surface area contributed by atoms with Crippen LogP contribution in [0.25, 0.3) is 0 Å². The molecular formula is C19H26O4. The summed E-state index contributed by atoms with van der Waals surface area (Å²) >= 11 is 0. The van der Waals surface area contributed by atoms with Gasteiger partial charge in [-0.1, -0.05) is 45.5 Å². The van der Waals surface area contributed by atoms with E-state index in [4.69, 9.17) is 14.2 Å². The summed E-state index contributed by atoms with van der Waals surface area (Å²) in [5, 5.41) is 0. The average molecular weight is 318 g/mol. The summed E-state index contributed by atoms with van der Waals surface area (Å²) in [5.41, 5.74) is 0.549. The molecule has 1 aromatic carbocycles. The molecule has 126 valence electrons. The quantitative estimate of drug-likeness (QED) is 0.591. The third-order valence-corrected chi connectivity index (χ3v) is 4.68. The Hall–Kier alpha value is -1.81. The molecule has 23 heavy (non-hydrogen) atoms. The highest BCUT2D eigenvalue weighted by Crippen LogP contribution is 2.34. The fraction of sp³-hybridized carbons (Fsp3) is 0.526. The first-order valence-electron chi connectivity index (χ1n) is 8.22. The predicted octanol–water partition coefficient (Wildman–Crippen LogP) is 3.82. The lowest BCUT2D eigenvalue weighted by Crippen LogP contribution is -2.52. The van der Waals surface area contributed by atoms with E-state index in [0.29, 0.717) is 18.1 Å². The second-order valence-electron chi connectivity index (χ2n) is 6.08. The Bertz CT molecular complexity index is 513. The highest BCUT2D eigenvalue weighted by Gasteiger charge is 2.43. The summed E-state index contributed by atoms with van der Waals surface area (Å²) in [4.78, 5) is 12.4. The molecular weight excluding hydrogens is 292 g/mol. The largest absolute Gasteiger partial charge is 0.499 e. The number of rotatable bonds is 6. The minimum Gasteiger partial charge on any atom is -0.499 e. The van der Waals surface area contributed by atoms with Crippen LogP contribution < -0.4 is 0 Å². The van der Waals surface area contributed by atoms with Gasteiger partial charge in [-0.05, 0) is 24.5 Å². The fourth-order valence-corrected chi connectivity index (χ4v) is 3.12. The summed E-state index contributed by atoms with van der Waals surface area (Å²) < 4.78 is 17.2. The van der Waals surface area contributed by atoms with Crippen molar-refractivity contribution in [1.82, 2.24) is 0 Å². The van der Waals surface area contributed by atoms with Crippen molar-refractivity contribution < 1.29 is 19.0 Å². The minimum absolute atomic E-state index is 0.148. The van der Waals surface area contributed by atoms with E-state index in [9.17, 15) is 4.79 Å². The number of benzene rings is 1. The molecule has 0 radical (unpaired) electrons. The molecule has 0 N–H and O–H groups in total. The Kier molecular flexibility index (Phi) is 6.22. The highest BCUT2D eigenvalue weighted by molar-refractivity contribution is 5.89. The molecule has 4 nitrogen and oxygen atoms in total. The Morgan fingerprint density at radius 2 is 1.91 bits per heavy atom. The van der Waals surface area contributed by atoms with Crippen LogP contribution >= 0.6 is 0 Å². The minimum atomic E-state index is -0.333. The van der Waals surface area contributed by atoms with E-state index in [-0.39, 0.29) is 30.2 Å². The van der Waals surface area contributed by atoms with Crippen LogP contribution in [0.3, 0.4) is 0 Å². The van der Waals surface area contributed by atoms with Gasteiger partial charge in [-0.25, -0.2) is 4.79 Å². The molecule has 0 saturated carbocycles. The van der Waals surface area contributed by atoms with Crippen molar-refractivity contribution in [2.45, 2.75) is 45.5 Å². The molecule has 1 heterocycles. The molecule has 1 aliphatic rings. The number of carbonyl (C=O) groups is 1. The van der Waals surface area contributed by atoms with E-state index in [0.717, 1.165) is 6.42 Å². The van der Waals surface area contributed by atoms with Gasteiger partial charge in [-0.3, -0.25) is 0 Å². The van der Waals surface area contributed by atoms with Gasteiger partial charge in [0.05, 0.1) is 17.9 Å². The number of ether oxygens (including phenoxy) is 3. The molecule has 1 aromatic rings. The Morgan fingerprint density at radius 3 is 2.52 bits per heavy atom. The molecule has 0 aliphatic carbocycles. The molecule has 1 aliphatic heterocycles. The first-order chi connectivity index (χ1) is 11.1. The number of hydrogen-bond acceptors (Lipinski definition) is 4. The van der Waals surface area contributed by atoms with Crippen LogP contribution in [0, 0.1) is 11.8 Å². The molecule has 1 unspecified atom stereocenters. The smallest absolute Gasteiger partial charge is 0.338 e. The number of carbonyl (C=O) groups excluding carboxylic acids is 1. The molecule has 0 bridgehead atoms. The molecule has 1 saturated heterocycles. The van der Waals surface area contributed by atoms with E-state index in [2.05, 4.69) is 27.4 Å². The van der Waals surface area contributed by atoms with E-state index in [1.54, 1.807) is 12.1 Å². The lowest BCUT2D eigenvalue weighted by Gasteiger charge is -2.43. The predicted molar refractivity (Wildman–Crippen MR) is 89.1 cm³/mol. The lowest BCUT2D eigenvalue weighted by molar-refractivity contribution is -0.182. The van der Waals surface area contributed by atoms with Crippen molar-refractivity contribution in [3.05, 3.63) is 48.7 Å². The fourth-order valence-electron chi connectivity index (χ4n) is 3.12. The van der Waals surface area contributed by atoms with Gasteiger partial charge in [0.1, 0.15) is 18.8 Å². The summed E-state index contributed by atoms with van der Waals surface area (Å²) in [6.45, 7) is 10.3. The maximum atomic E-state index is 12.4. The maximum Gasteiger partial charge on any atom is 0.338 e. The molecule has 0 amide bonds. The van der Waals surface area contributed by atoms with Gasteiger partial charge < -0.3 is 14.2 Å². The molecule has 4 heteroatoms. The standard InChI is InChI=1S/C19H26O4/c1-5-16-13(3)14(4)18(17(22-16)12-21-6-2)23-19(20)15-10-8-7-9-11-15/h6-11,13-14,16-18H,2,5,12H2,1,3-4H3/t13-,14-,16+,17?,18+/m0/s1. The lowest BCUT2D eigenvalue weighted by atomic mass is 9.80. The van der Waals surface area contributed by atoms with Gasteiger partial charge in [-0.2, -0.15) is 0 Å². The van der Waals surface area contributed by atoms with Crippen LogP contribution in [0.5, 0.6) is 0 Å². The van der Waals surface area contributed by atoms with Crippen molar-refractivity contribution in [3.8, 4) is 0 Å². The van der Waals surface area contributed by atoms with E-state index >= 15 is 0 Å². The van der Waals surface area contributed by atoms with Crippen molar-refractivity contribution in [2.75, 3.05) is 6.61 Å². The Balaban J connectivity index is 2.14. The van der Waals surface area contributed by atoms with Crippen LogP contribution in [0.15, 0.2) is 43.2 Å². The Morgan fingerprint density at radius 1 is 1.22 bits per heavy atom. The summed E-state index contributed by atoms with van der Waals surface area (Å²) in [6.07, 6.45) is 1.85. The first-order valence-corrected chi connectivity index (χ1v) is 8.22. The molecule has 0 spiro atoms. The third-order valence-electron chi connectivity index (χ3n) is 4.68. The van der Waals surface area contributed by atoms with Crippen molar-refractivity contribution >= 4 is 5.97 Å². The van der Waals surface area contributed by atoms with Crippen molar-refractivity contribution in [3.63, 3.8) is 0 Å². The van der Waals surface area contributed by atoms with Gasteiger partial charge in [0.2, 0.25) is 0 Å². The highest BCUT2D eigenvalue weighted by atomic mass is 16.6. The van der Waals surface area contributed by atoms with Crippen LogP contribution in [-0.2, 0) is 14.2 Å². The average Bonchev–Trinajstić information content (AvgIpc) is 2.59. The molecule has 5 atom stereocenters. The van der Waals surface area contributed by atoms with E-state index < -0.39 is 0 Å². The van der Waals surface area contributed by atoms with Gasteiger partial charge in [-0.15, -0.1) is 0 Å². The summed E-state index contributed by atoms with van der Waals surface area (Å²) in [6, 6.07) is 9.03. The van der Waals surface area contributed by atoms with Gasteiger partial charge in [0.15, 0.2) is 0 Å². The monoisotopic (exact) mass is 318 g/mol. The maximum absolute atomic E-state index is 12.4. The molecule has 1 fully saturated rings. The van der Waals surface area contributed by atoms with Crippen LogP contribution in [0.4, 0.5) is 0 Å². The summed E-state index contributed by atoms with van der Waals surface area (Å²) in [5.74, 6) is 0.185. The van der Waals surface area contributed by atoms with E-state index in [1.165, 1.54) is 6.26 Å². The van der Waals surface area contributed by atoms with Crippen molar-refractivity contribution in [1.29, 1.82) is 0 Å². The number of esters is 1. The van der Waals surface area contributed by atoms with Crippen LogP contribution in [0.1, 0.15) is 37.6 Å². The van der Waals surface area contributed by atoms with E-state index in [1.807, 2.05) is 18.2 Å². The zero-order chi connectivity index (χ0) is 16.8. The van der Waals surface area contributed by atoms with Gasteiger partial charge >= 0.3 is 5.97 Å². The normalized spacial score (nSPS) is 30.5. The SMILES string of the molecule is C=COCC1O[C@H](CC)[C@@H](C)[C@H](C)[C@H]1OC(=O)c1ccccc1. The second-order valence-corrected chi connectivity index (χ2v) is 6.08. The first kappa shape index (κ1) is 17.5. The van der Waals surface area contributed by atoms with Gasteiger partial charge in [0, 0.05) is 5.92 Å². The van der Waals surface area contributed by atoms with Gasteiger partial charge in [0.25, 0.3) is 0 Å². The topological polar surface area (TPSA) is 44.8 Å². The molecule has 2 rings (SSSR count). The Labute approximate surface area is 138 Å². The van der Waals surface area contributed by atoms with Crippen LogP contribution in [0.2, 0.25) is 0 Å².